The van der Waals surface area contributed by atoms with Gasteiger partial charge in [0.25, 0.3) is 0 Å². The maximum atomic E-state index is 13.5. The van der Waals surface area contributed by atoms with E-state index in [1.807, 2.05) is 70.2 Å². The van der Waals surface area contributed by atoms with E-state index in [0.717, 1.165) is 47.1 Å². The summed E-state index contributed by atoms with van der Waals surface area (Å²) in [5.74, 6) is 6.92. The Balaban J connectivity index is 0.00000300. The standard InChI is InChI=1S/C40H46N8O7.4H2S/c1-23(2)34(42-22-55-54-6)38(50)48-21-28(49)19-33(48)37-43-29-16-13-26(18-30(29)44-37)10-9-25-11-14-27(15-12-25)31-20-41-36(45-31)32-8-7-17-47(32)39(51)35(24(3)4)46-40(52)53-5;;;;/h11-16,18,20,22-24,32-35H,7-8,17,19,21H2,1-6H3,(H,41,45)(H,43,44)(H,46,52);4*1H2/t32-,33-,34-,35-;;;;/m0..../s1. The van der Waals surface area contributed by atoms with Crippen molar-refractivity contribution in [2.75, 3.05) is 27.3 Å². The van der Waals surface area contributed by atoms with Crippen LogP contribution in [0.3, 0.4) is 0 Å². The molecule has 0 bridgehead atoms. The number of aliphatic imine (C=N–C) groups is 1. The monoisotopic (exact) mass is 886 g/mol. The lowest BCUT2D eigenvalue weighted by molar-refractivity contribution is -0.188. The third-order valence-electron chi connectivity index (χ3n) is 9.87. The predicted molar refractivity (Wildman–Crippen MR) is 245 cm³/mol. The molecule has 2 aliphatic rings. The number of ketones is 1. The molecule has 2 aromatic carbocycles. The number of hydrogen-bond donors (Lipinski definition) is 3. The minimum absolute atomic E-state index is 0. The number of fused-ring (bicyclic) bond motifs is 1. The van der Waals surface area contributed by atoms with Gasteiger partial charge in [-0.05, 0) is 60.6 Å². The van der Waals surface area contributed by atoms with Crippen molar-refractivity contribution in [2.45, 2.75) is 71.1 Å². The molecule has 15 nitrogen and oxygen atoms in total. The van der Waals surface area contributed by atoms with Crippen LogP contribution in [-0.4, -0.2) is 99.2 Å². The average molecular weight is 887 g/mol. The largest absolute Gasteiger partial charge is 0.453 e. The number of Topliss-reactive ketones (excluding diaryl/α,β-unsaturated/α-hetero) is 1. The number of imidazole rings is 2. The zero-order valence-corrected chi connectivity index (χ0v) is 37.8. The third kappa shape index (κ3) is 11.8. The number of nitrogens with zero attached hydrogens (tertiary/aromatic N) is 5. The van der Waals surface area contributed by atoms with Gasteiger partial charge in [0.2, 0.25) is 18.2 Å². The fraction of sp³-hybridized carbons (Fsp3) is 0.425. The van der Waals surface area contributed by atoms with Crippen LogP contribution in [-0.2, 0) is 28.9 Å². The van der Waals surface area contributed by atoms with Gasteiger partial charge in [0.15, 0.2) is 5.78 Å². The Morgan fingerprint density at radius 3 is 2.25 bits per heavy atom. The number of hydrogen-bond acceptors (Lipinski definition) is 10. The van der Waals surface area contributed by atoms with Gasteiger partial charge in [-0.25, -0.2) is 19.8 Å². The number of carbonyl (C=O) groups is 4. The Morgan fingerprint density at radius 1 is 0.898 bits per heavy atom. The number of H-pyrrole nitrogens is 2. The number of alkyl carbamates (subject to hydrolysis) is 1. The topological polar surface area (TPSA) is 184 Å². The van der Waals surface area contributed by atoms with Crippen molar-refractivity contribution in [3.63, 3.8) is 0 Å². The van der Waals surface area contributed by atoms with Crippen LogP contribution in [0.25, 0.3) is 22.3 Å². The lowest BCUT2D eigenvalue weighted by atomic mass is 10.0. The van der Waals surface area contributed by atoms with Crippen molar-refractivity contribution < 1.29 is 33.7 Å². The second-order valence-corrected chi connectivity index (χ2v) is 14.3. The van der Waals surface area contributed by atoms with Crippen LogP contribution in [0.1, 0.15) is 81.8 Å². The summed E-state index contributed by atoms with van der Waals surface area (Å²) in [5.41, 5.74) is 4.77. The van der Waals surface area contributed by atoms with Gasteiger partial charge in [0.05, 0.1) is 55.8 Å². The van der Waals surface area contributed by atoms with Gasteiger partial charge < -0.3 is 34.7 Å². The summed E-state index contributed by atoms with van der Waals surface area (Å²) in [6, 6.07) is 11.2. The fourth-order valence-corrected chi connectivity index (χ4v) is 6.98. The summed E-state index contributed by atoms with van der Waals surface area (Å²) in [6.45, 7) is 8.09. The molecule has 4 atom stereocenters. The highest BCUT2D eigenvalue weighted by Crippen LogP contribution is 2.34. The quantitative estimate of drug-likeness (QED) is 0.0590. The van der Waals surface area contributed by atoms with Gasteiger partial charge in [-0.15, -0.1) is 0 Å². The summed E-state index contributed by atoms with van der Waals surface area (Å²) in [4.78, 5) is 84.5. The SMILES string of the molecule is COOC=N[C@H](C(=O)N1CC(=O)C[C@H]1c1nc2ccc(C#Cc3ccc(-c4cnc([C@@H]5CCCN5C(=O)[C@@H](NC(=O)OC)C(C)C)[nH]4)cc3)cc2[nH]1)C(C)C.S.S.S.S. The molecule has 3 amide bonds. The van der Waals surface area contributed by atoms with Crippen LogP contribution in [0, 0.1) is 23.7 Å². The lowest BCUT2D eigenvalue weighted by Gasteiger charge is -2.30. The molecule has 2 saturated heterocycles. The van der Waals surface area contributed by atoms with Crippen molar-refractivity contribution in [2.24, 2.45) is 16.8 Å². The number of ether oxygens (including phenoxy) is 1. The summed E-state index contributed by atoms with van der Waals surface area (Å²) in [7, 11) is 2.63. The summed E-state index contributed by atoms with van der Waals surface area (Å²) >= 11 is 0. The molecule has 19 heteroatoms. The van der Waals surface area contributed by atoms with Crippen LogP contribution in [0.15, 0.2) is 53.7 Å². The van der Waals surface area contributed by atoms with Crippen molar-refractivity contribution in [1.82, 2.24) is 35.1 Å². The van der Waals surface area contributed by atoms with Crippen molar-refractivity contribution in [1.29, 1.82) is 0 Å². The molecule has 2 fully saturated rings. The minimum Gasteiger partial charge on any atom is -0.453 e. The van der Waals surface area contributed by atoms with E-state index in [1.165, 1.54) is 19.1 Å². The maximum Gasteiger partial charge on any atom is 0.407 e. The first-order valence-electron chi connectivity index (χ1n) is 18.3. The number of aromatic amines is 2. The lowest BCUT2D eigenvalue weighted by Crippen LogP contribution is -2.51. The van der Waals surface area contributed by atoms with Crippen LogP contribution in [0.4, 0.5) is 4.79 Å². The zero-order chi connectivity index (χ0) is 39.2. The number of carbonyl (C=O) groups excluding carboxylic acids is 4. The number of benzene rings is 2. The Kier molecular flexibility index (Phi) is 19.4. The van der Waals surface area contributed by atoms with E-state index in [9.17, 15) is 19.2 Å². The molecular formula is C40H54N8O7S4. The van der Waals surface area contributed by atoms with Gasteiger partial charge in [-0.2, -0.15) is 58.9 Å². The Labute approximate surface area is 371 Å². The van der Waals surface area contributed by atoms with E-state index in [4.69, 9.17) is 14.6 Å². The Morgan fingerprint density at radius 2 is 1.59 bits per heavy atom. The van der Waals surface area contributed by atoms with Gasteiger partial charge in [0, 0.05) is 24.1 Å². The summed E-state index contributed by atoms with van der Waals surface area (Å²) in [6.07, 6.45) is 3.98. The normalized spacial score (nSPS) is 17.0. The second kappa shape index (κ2) is 22.7. The van der Waals surface area contributed by atoms with Gasteiger partial charge in [-0.3, -0.25) is 14.4 Å². The van der Waals surface area contributed by atoms with Gasteiger partial charge in [-0.1, -0.05) is 51.7 Å². The number of likely N-dealkylation sites (tertiary alicyclic amines) is 2. The molecule has 320 valence electrons. The highest BCUT2D eigenvalue weighted by molar-refractivity contribution is 7.59. The first-order chi connectivity index (χ1) is 26.5. The van der Waals surface area contributed by atoms with Crippen molar-refractivity contribution >= 4 is 95.1 Å². The van der Waals surface area contributed by atoms with E-state index in [1.54, 1.807) is 11.1 Å². The van der Waals surface area contributed by atoms with Crippen molar-refractivity contribution in [3.05, 3.63) is 71.4 Å². The van der Waals surface area contributed by atoms with E-state index in [0.29, 0.717) is 23.7 Å². The third-order valence-corrected chi connectivity index (χ3v) is 9.87. The van der Waals surface area contributed by atoms with E-state index >= 15 is 0 Å². The first-order valence-corrected chi connectivity index (χ1v) is 18.3. The average Bonchev–Trinajstić information content (AvgIpc) is 4.00. The zero-order valence-electron chi connectivity index (χ0n) is 33.8. The number of aromatic nitrogens is 4. The summed E-state index contributed by atoms with van der Waals surface area (Å²) in [5, 5.41) is 2.68. The van der Waals surface area contributed by atoms with E-state index < -0.39 is 24.2 Å². The molecule has 2 aliphatic heterocycles. The predicted octanol–water partition coefficient (Wildman–Crippen LogP) is 5.32. The molecule has 6 rings (SSSR count). The number of amides is 3. The molecule has 59 heavy (non-hydrogen) atoms. The van der Waals surface area contributed by atoms with Gasteiger partial charge >= 0.3 is 6.09 Å². The van der Waals surface area contributed by atoms with E-state index in [2.05, 4.69) is 42.0 Å². The molecular weight excluding hydrogens is 833 g/mol. The number of nitrogens with one attached hydrogen (secondary N) is 3. The second-order valence-electron chi connectivity index (χ2n) is 14.3. The highest BCUT2D eigenvalue weighted by Gasteiger charge is 2.41. The highest BCUT2D eigenvalue weighted by atomic mass is 32.1. The Hall–Kier alpha value is -4.61. The molecule has 2 aromatic heterocycles. The molecule has 0 spiro atoms. The van der Waals surface area contributed by atoms with Crippen LogP contribution in [0.2, 0.25) is 0 Å². The van der Waals surface area contributed by atoms with Gasteiger partial charge in [0.1, 0.15) is 23.7 Å². The van der Waals surface area contributed by atoms with Crippen molar-refractivity contribution in [3.8, 4) is 23.1 Å². The molecule has 0 saturated carbocycles. The molecule has 0 aliphatic carbocycles. The fourth-order valence-electron chi connectivity index (χ4n) is 6.98. The van der Waals surface area contributed by atoms with Crippen LogP contribution < -0.4 is 5.32 Å². The molecule has 4 aromatic rings. The van der Waals surface area contributed by atoms with Crippen LogP contribution >= 0.6 is 54.0 Å². The molecule has 4 heterocycles. The molecule has 3 N–H and O–H groups in total. The summed E-state index contributed by atoms with van der Waals surface area (Å²) < 4.78 is 4.74. The molecule has 0 unspecified atom stereocenters. The van der Waals surface area contributed by atoms with Crippen LogP contribution in [0.5, 0.6) is 0 Å². The smallest absolute Gasteiger partial charge is 0.407 e. The van der Waals surface area contributed by atoms with E-state index in [-0.39, 0.29) is 102 Å². The molecule has 0 radical (unpaired) electrons. The Bertz CT molecular complexity index is 2150. The number of methoxy groups -OCH3 is 1. The number of rotatable bonds is 11. The minimum atomic E-state index is -0.747. The maximum absolute atomic E-state index is 13.5. The first kappa shape index (κ1) is 50.5.